The maximum atomic E-state index is 12.1. The minimum Gasteiger partial charge on any atom is -0.340 e. The summed E-state index contributed by atoms with van der Waals surface area (Å²) in [5, 5.41) is 0. The highest BCUT2D eigenvalue weighted by Gasteiger charge is 2.27. The van der Waals surface area contributed by atoms with E-state index in [-0.39, 0.29) is 0 Å². The molecule has 0 saturated carbocycles. The zero-order chi connectivity index (χ0) is 13.1. The van der Waals surface area contributed by atoms with Gasteiger partial charge in [-0.1, -0.05) is 31.2 Å². The van der Waals surface area contributed by atoms with Gasteiger partial charge in [-0.05, 0) is 43.7 Å². The first-order valence-electron chi connectivity index (χ1n) is 7.00. The lowest BCUT2D eigenvalue weighted by molar-refractivity contribution is -0.135. The number of hydrogen-bond acceptors (Lipinski definition) is 1. The monoisotopic (exact) mass is 245 g/mol. The Kier molecular flexibility index (Phi) is 4.05. The van der Waals surface area contributed by atoms with Crippen molar-refractivity contribution in [2.24, 2.45) is 0 Å². The topological polar surface area (TPSA) is 20.3 Å². The van der Waals surface area contributed by atoms with Gasteiger partial charge in [0.25, 0.3) is 0 Å². The van der Waals surface area contributed by atoms with Gasteiger partial charge in [0.15, 0.2) is 0 Å². The van der Waals surface area contributed by atoms with Crippen LogP contribution in [-0.4, -0.2) is 23.4 Å². The molecule has 2 heteroatoms. The highest BCUT2D eigenvalue weighted by molar-refractivity contribution is 5.78. The number of carbonyl (C=O) groups is 1. The van der Waals surface area contributed by atoms with E-state index in [1.165, 1.54) is 11.1 Å². The summed E-state index contributed by atoms with van der Waals surface area (Å²) in [7, 11) is 0. The van der Waals surface area contributed by atoms with Gasteiger partial charge in [0, 0.05) is 19.0 Å². The van der Waals surface area contributed by atoms with Crippen LogP contribution in [0.1, 0.15) is 50.7 Å². The van der Waals surface area contributed by atoms with E-state index in [9.17, 15) is 4.79 Å². The lowest BCUT2D eigenvalue weighted by atomic mass is 9.88. The quantitative estimate of drug-likeness (QED) is 0.799. The fourth-order valence-electron chi connectivity index (χ4n) is 2.71. The van der Waals surface area contributed by atoms with Crippen molar-refractivity contribution in [1.82, 2.24) is 4.90 Å². The SMILES string of the molecule is CCc1ccc(C2CCN(C(C)C)C(=O)C2)cc1. The number of carbonyl (C=O) groups excluding carboxylic acids is 1. The molecule has 1 aliphatic heterocycles. The standard InChI is InChI=1S/C16H23NO/c1-4-13-5-7-14(8-6-13)15-9-10-17(12(2)3)16(18)11-15/h5-8,12,15H,4,9-11H2,1-3H3. The van der Waals surface area contributed by atoms with Crippen molar-refractivity contribution in [3.05, 3.63) is 35.4 Å². The molecule has 18 heavy (non-hydrogen) atoms. The number of piperidine rings is 1. The molecular weight excluding hydrogens is 222 g/mol. The van der Waals surface area contributed by atoms with E-state index in [1.54, 1.807) is 0 Å². The summed E-state index contributed by atoms with van der Waals surface area (Å²) in [6.45, 7) is 7.25. The molecule has 1 aromatic rings. The Morgan fingerprint density at radius 2 is 1.94 bits per heavy atom. The molecule has 1 heterocycles. The Balaban J connectivity index is 2.05. The molecule has 1 aliphatic rings. The molecule has 0 bridgehead atoms. The largest absolute Gasteiger partial charge is 0.340 e. The van der Waals surface area contributed by atoms with Gasteiger partial charge >= 0.3 is 0 Å². The van der Waals surface area contributed by atoms with Crippen LogP contribution < -0.4 is 0 Å². The van der Waals surface area contributed by atoms with E-state index in [0.29, 0.717) is 24.3 Å². The number of likely N-dealkylation sites (tertiary alicyclic amines) is 1. The van der Waals surface area contributed by atoms with Gasteiger partial charge in [0.05, 0.1) is 0 Å². The minimum absolute atomic E-state index is 0.306. The van der Waals surface area contributed by atoms with Crippen molar-refractivity contribution < 1.29 is 4.79 Å². The maximum Gasteiger partial charge on any atom is 0.223 e. The minimum atomic E-state index is 0.306. The molecule has 0 aromatic heterocycles. The molecule has 2 rings (SSSR count). The summed E-state index contributed by atoms with van der Waals surface area (Å²) in [4.78, 5) is 14.1. The van der Waals surface area contributed by atoms with Crippen LogP contribution in [0.15, 0.2) is 24.3 Å². The van der Waals surface area contributed by atoms with Crippen LogP contribution in [0, 0.1) is 0 Å². The van der Waals surface area contributed by atoms with Gasteiger partial charge < -0.3 is 4.90 Å². The normalized spacial score (nSPS) is 20.6. The summed E-state index contributed by atoms with van der Waals surface area (Å²) in [6, 6.07) is 9.10. The molecule has 98 valence electrons. The second kappa shape index (κ2) is 5.55. The number of aryl methyl sites for hydroxylation is 1. The number of hydrogen-bond donors (Lipinski definition) is 0. The second-order valence-corrected chi connectivity index (χ2v) is 5.47. The molecule has 1 unspecified atom stereocenters. The molecule has 1 amide bonds. The van der Waals surface area contributed by atoms with Crippen LogP contribution in [0.5, 0.6) is 0 Å². The third kappa shape index (κ3) is 2.74. The van der Waals surface area contributed by atoms with Crippen molar-refractivity contribution in [1.29, 1.82) is 0 Å². The number of amides is 1. The van der Waals surface area contributed by atoms with Crippen LogP contribution in [0.4, 0.5) is 0 Å². The third-order valence-electron chi connectivity index (χ3n) is 3.94. The highest BCUT2D eigenvalue weighted by Crippen LogP contribution is 2.29. The van der Waals surface area contributed by atoms with E-state index in [0.717, 1.165) is 19.4 Å². The Hall–Kier alpha value is -1.31. The lowest BCUT2D eigenvalue weighted by Gasteiger charge is -2.34. The van der Waals surface area contributed by atoms with Crippen LogP contribution >= 0.6 is 0 Å². The molecule has 1 fully saturated rings. The summed E-state index contributed by atoms with van der Waals surface area (Å²) in [5.41, 5.74) is 2.69. The van der Waals surface area contributed by atoms with Gasteiger partial charge in [-0.3, -0.25) is 4.79 Å². The van der Waals surface area contributed by atoms with Gasteiger partial charge in [0.2, 0.25) is 5.91 Å². The number of rotatable bonds is 3. The van der Waals surface area contributed by atoms with Crippen LogP contribution in [-0.2, 0) is 11.2 Å². The van der Waals surface area contributed by atoms with Gasteiger partial charge in [-0.2, -0.15) is 0 Å². The predicted molar refractivity (Wildman–Crippen MR) is 74.6 cm³/mol. The highest BCUT2D eigenvalue weighted by atomic mass is 16.2. The Morgan fingerprint density at radius 1 is 1.28 bits per heavy atom. The zero-order valence-corrected chi connectivity index (χ0v) is 11.6. The molecule has 0 aliphatic carbocycles. The second-order valence-electron chi connectivity index (χ2n) is 5.47. The fourth-order valence-corrected chi connectivity index (χ4v) is 2.71. The molecule has 1 atom stereocenters. The van der Waals surface area contributed by atoms with E-state index in [2.05, 4.69) is 45.0 Å². The third-order valence-corrected chi connectivity index (χ3v) is 3.94. The summed E-state index contributed by atoms with van der Waals surface area (Å²) >= 11 is 0. The van der Waals surface area contributed by atoms with Crippen molar-refractivity contribution in [2.75, 3.05) is 6.54 Å². The van der Waals surface area contributed by atoms with Crippen molar-refractivity contribution in [3.63, 3.8) is 0 Å². The average Bonchev–Trinajstić information content (AvgIpc) is 2.38. The molecule has 0 spiro atoms. The predicted octanol–water partition coefficient (Wildman–Crippen LogP) is 3.36. The fraction of sp³-hybridized carbons (Fsp3) is 0.562. The Morgan fingerprint density at radius 3 is 2.44 bits per heavy atom. The van der Waals surface area contributed by atoms with E-state index in [4.69, 9.17) is 0 Å². The average molecular weight is 245 g/mol. The van der Waals surface area contributed by atoms with E-state index >= 15 is 0 Å². The van der Waals surface area contributed by atoms with Gasteiger partial charge in [-0.15, -0.1) is 0 Å². The van der Waals surface area contributed by atoms with Crippen molar-refractivity contribution in [3.8, 4) is 0 Å². The first-order valence-corrected chi connectivity index (χ1v) is 7.00. The summed E-state index contributed by atoms with van der Waals surface area (Å²) in [5.74, 6) is 0.722. The number of benzene rings is 1. The van der Waals surface area contributed by atoms with Gasteiger partial charge in [-0.25, -0.2) is 0 Å². The lowest BCUT2D eigenvalue weighted by Crippen LogP contribution is -2.42. The first kappa shape index (κ1) is 13.1. The van der Waals surface area contributed by atoms with E-state index < -0.39 is 0 Å². The van der Waals surface area contributed by atoms with E-state index in [1.807, 2.05) is 4.90 Å². The molecule has 1 aromatic carbocycles. The Bertz CT molecular complexity index is 408. The summed E-state index contributed by atoms with van der Waals surface area (Å²) in [6.07, 6.45) is 2.84. The summed E-state index contributed by atoms with van der Waals surface area (Å²) < 4.78 is 0. The molecule has 2 nitrogen and oxygen atoms in total. The van der Waals surface area contributed by atoms with Crippen LogP contribution in [0.25, 0.3) is 0 Å². The maximum absolute atomic E-state index is 12.1. The van der Waals surface area contributed by atoms with Crippen LogP contribution in [0.3, 0.4) is 0 Å². The van der Waals surface area contributed by atoms with Crippen molar-refractivity contribution in [2.45, 2.75) is 52.0 Å². The van der Waals surface area contributed by atoms with Crippen molar-refractivity contribution >= 4 is 5.91 Å². The zero-order valence-electron chi connectivity index (χ0n) is 11.6. The smallest absolute Gasteiger partial charge is 0.223 e. The number of nitrogens with zero attached hydrogens (tertiary/aromatic N) is 1. The molecular formula is C16H23NO. The van der Waals surface area contributed by atoms with Crippen LogP contribution in [0.2, 0.25) is 0 Å². The Labute approximate surface area is 110 Å². The molecule has 0 radical (unpaired) electrons. The molecule has 0 N–H and O–H groups in total. The van der Waals surface area contributed by atoms with Gasteiger partial charge in [0.1, 0.15) is 0 Å². The molecule has 1 saturated heterocycles. The first-order chi connectivity index (χ1) is 8.61.